The number of ether oxygens (including phenoxy) is 8. The fourth-order valence-corrected chi connectivity index (χ4v) is 29.0. The second kappa shape index (κ2) is 34.5. The molecule has 16 rings (SSSR count). The summed E-state index contributed by atoms with van der Waals surface area (Å²) in [4.78, 5) is 19.1. The monoisotopic (exact) mass is 1510 g/mol. The molecule has 1 amide bonds. The Labute approximate surface area is 649 Å². The van der Waals surface area contributed by atoms with Crippen molar-refractivity contribution in [1.82, 2.24) is 19.0 Å². The highest BCUT2D eigenvalue weighted by Crippen LogP contribution is 2.67. The first-order valence-corrected chi connectivity index (χ1v) is 46.5. The molecule has 18 atom stereocenters. The van der Waals surface area contributed by atoms with Crippen LogP contribution in [0.2, 0.25) is 0 Å². The van der Waals surface area contributed by atoms with Crippen molar-refractivity contribution in [1.29, 1.82) is 0 Å². The maximum Gasteiger partial charge on any atom is 0.236 e. The highest BCUT2D eigenvalue weighted by atomic mass is 32.2. The summed E-state index contributed by atoms with van der Waals surface area (Å²) in [7, 11) is -3.06. The van der Waals surface area contributed by atoms with Gasteiger partial charge in [0.25, 0.3) is 0 Å². The van der Waals surface area contributed by atoms with Crippen molar-refractivity contribution >= 4 is 15.9 Å². The Balaban J connectivity index is 0.000000135. The van der Waals surface area contributed by atoms with Crippen LogP contribution in [0.25, 0.3) is 0 Å². The normalized spacial score (nSPS) is 41.8. The standard InChI is InChI=1S/C31H54N2O2.C30H49NO5S.C29H48N2O4/c1-6-33(7-2)25-15-19-32(20-16-25)21-17-26-23(3)12-13-27-30(26,4)18-14-28-31(27,5)22-34-29(35-28)24-10-8-9-11-24;1-21-8-11-26-29(2,16-12-27-30(26,3)20-35-28(36-27)22-6-4-5-7-22)25(21)15-19-34-23-13-17-31(18-14-23)37(32,33)24-9-10-24;1-20-8-9-24-28(2,23(20)13-17-33-22-11-15-31(16-12-22)26(32)18-30)14-10-25-29(24,3)19-34-27(35-25)21-6-4-5-7-21/h24-29H,3,6-22H2,1-2,4-5H3;22-28H,1,4-20H2,2-3H3;21-25,27H,1,4-19,30H2,2-3H3/t26-,27?,28-,29-,30+,31+;25-,26?,27-,28-,29+,30+;23-,24?,25-,27-,28+,29+/m111/s1. The van der Waals surface area contributed by atoms with E-state index in [1.165, 1.54) is 197 Å². The molecule has 17 heteroatoms. The molecule has 10 aliphatic carbocycles. The first-order chi connectivity index (χ1) is 51.4. The van der Waals surface area contributed by atoms with Crippen LogP contribution < -0.4 is 5.73 Å². The van der Waals surface area contributed by atoms with Crippen molar-refractivity contribution in [3.05, 3.63) is 36.5 Å². The van der Waals surface area contributed by atoms with Gasteiger partial charge in [0.05, 0.1) is 62.1 Å². The summed E-state index contributed by atoms with van der Waals surface area (Å²) in [5, 5.41) is -0.110. The van der Waals surface area contributed by atoms with Crippen LogP contribution in [0, 0.1) is 85.8 Å². The summed E-state index contributed by atoms with van der Waals surface area (Å²) in [6, 6.07) is 0.794. The number of fused-ring (bicyclic) bond motifs is 9. The average molecular weight is 1510 g/mol. The number of piperidine rings is 3. The van der Waals surface area contributed by atoms with Gasteiger partial charge >= 0.3 is 0 Å². The third-order valence-corrected chi connectivity index (χ3v) is 36.1. The summed E-state index contributed by atoms with van der Waals surface area (Å²) in [5.41, 5.74) is 11.0. The number of hydrogen-bond donors (Lipinski definition) is 1. The fraction of sp³-hybridized carbons (Fsp3) is 0.922. The number of nitrogens with zero attached hydrogens (tertiary/aromatic N) is 4. The molecule has 608 valence electrons. The highest BCUT2D eigenvalue weighted by molar-refractivity contribution is 7.90. The van der Waals surface area contributed by atoms with Crippen LogP contribution >= 0.6 is 0 Å². The lowest BCUT2D eigenvalue weighted by atomic mass is 9.46. The molecular formula is C90H151N5O11S. The molecular weight excluding hydrogens is 1360 g/mol. The van der Waals surface area contributed by atoms with Gasteiger partial charge in [0.2, 0.25) is 15.9 Å². The third-order valence-electron chi connectivity index (χ3n) is 33.7. The van der Waals surface area contributed by atoms with E-state index < -0.39 is 10.0 Å². The van der Waals surface area contributed by atoms with E-state index in [4.69, 9.17) is 43.6 Å². The lowest BCUT2D eigenvalue weighted by Gasteiger charge is -2.63. The van der Waals surface area contributed by atoms with Gasteiger partial charge in [-0.25, -0.2) is 12.7 Å². The van der Waals surface area contributed by atoms with Gasteiger partial charge in [-0.1, -0.05) is 130 Å². The minimum absolute atomic E-state index is 0.0124. The molecule has 16 aliphatic rings. The number of likely N-dealkylation sites (tertiary alicyclic amines) is 2. The average Bonchev–Trinajstić information content (AvgIpc) is 1.47. The van der Waals surface area contributed by atoms with Gasteiger partial charge in [-0.2, -0.15) is 0 Å². The molecule has 6 saturated heterocycles. The predicted molar refractivity (Wildman–Crippen MR) is 425 cm³/mol. The second-order valence-electron chi connectivity index (χ2n) is 39.6. The number of rotatable bonds is 20. The van der Waals surface area contributed by atoms with E-state index >= 15 is 0 Å². The lowest BCUT2D eigenvalue weighted by Crippen LogP contribution is -2.62. The third kappa shape index (κ3) is 16.8. The number of sulfonamides is 1. The Morgan fingerprint density at radius 3 is 1.20 bits per heavy atom. The second-order valence-corrected chi connectivity index (χ2v) is 41.8. The molecule has 0 bridgehead atoms. The smallest absolute Gasteiger partial charge is 0.236 e. The Morgan fingerprint density at radius 2 is 0.841 bits per heavy atom. The molecule has 3 unspecified atom stereocenters. The molecule has 16 fully saturated rings. The van der Waals surface area contributed by atoms with Crippen LogP contribution in [-0.2, 0) is 52.7 Å². The highest BCUT2D eigenvalue weighted by Gasteiger charge is 2.64. The zero-order valence-electron chi connectivity index (χ0n) is 68.7. The maximum absolute atomic E-state index is 12.5. The minimum atomic E-state index is -3.06. The van der Waals surface area contributed by atoms with Crippen molar-refractivity contribution in [3.63, 3.8) is 0 Å². The molecule has 0 spiro atoms. The van der Waals surface area contributed by atoms with Crippen LogP contribution in [0.4, 0.5) is 0 Å². The minimum Gasteiger partial charge on any atom is -0.378 e. The lowest BCUT2D eigenvalue weighted by molar-refractivity contribution is -0.316. The first kappa shape index (κ1) is 81.7. The maximum atomic E-state index is 12.5. The quantitative estimate of drug-likeness (QED) is 0.115. The summed E-state index contributed by atoms with van der Waals surface area (Å²) in [6.07, 6.45) is 42.5. The Bertz CT molecular complexity index is 3090. The zero-order chi connectivity index (χ0) is 75.1. The van der Waals surface area contributed by atoms with Crippen LogP contribution in [-0.4, -0.2) is 192 Å². The van der Waals surface area contributed by atoms with Crippen molar-refractivity contribution in [2.75, 3.05) is 98.5 Å². The molecule has 107 heavy (non-hydrogen) atoms. The van der Waals surface area contributed by atoms with Crippen molar-refractivity contribution in [2.24, 2.45) is 91.5 Å². The van der Waals surface area contributed by atoms with Gasteiger partial charge in [0.15, 0.2) is 18.9 Å². The van der Waals surface area contributed by atoms with Crippen molar-refractivity contribution in [3.8, 4) is 0 Å². The molecule has 0 radical (unpaired) electrons. The SMILES string of the molecule is C=C1CCC2[C@]3(C)CO[C@@H](C4CCCC4)O[C@@H]3CC[C@@]2(C)[C@@H]1CCN1CCC(N(CC)CC)CC1.C=C1CCC2[C@]3(C)CO[C@@H](C4CCCC4)O[C@@H]3CC[C@@]2(C)[C@@H]1CCOC1CCN(C(=O)CN)CC1.C=C1CCC2[C@]3(C)CO[C@@H](C4CCCC4)O[C@@H]3CC[C@@]2(C)[C@@H]1CCOC1CCN(S(=O)(=O)C2CC2)CC1. The van der Waals surface area contributed by atoms with E-state index in [1.807, 2.05) is 4.90 Å². The molecule has 2 N–H and O–H groups in total. The van der Waals surface area contributed by atoms with Crippen LogP contribution in [0.15, 0.2) is 36.5 Å². The number of nitrogens with two attached hydrogens (primary N) is 1. The Kier molecular flexibility index (Phi) is 26.4. The van der Waals surface area contributed by atoms with Gasteiger partial charge < -0.3 is 58.3 Å². The number of amides is 1. The van der Waals surface area contributed by atoms with Gasteiger partial charge in [0, 0.05) is 79.4 Å². The van der Waals surface area contributed by atoms with E-state index in [0.717, 1.165) is 129 Å². The van der Waals surface area contributed by atoms with Gasteiger partial charge in [-0.3, -0.25) is 4.79 Å². The van der Waals surface area contributed by atoms with Crippen molar-refractivity contribution in [2.45, 2.75) is 341 Å². The Hall–Kier alpha value is -1.84. The van der Waals surface area contributed by atoms with Gasteiger partial charge in [0.1, 0.15) is 0 Å². The molecule has 16 nitrogen and oxygen atoms in total. The first-order valence-electron chi connectivity index (χ1n) is 45.0. The van der Waals surface area contributed by atoms with E-state index in [2.05, 4.69) is 84.9 Å². The summed E-state index contributed by atoms with van der Waals surface area (Å²) in [5.74, 6) is 5.34. The number of carbonyl (C=O) groups is 1. The molecule has 0 aromatic carbocycles. The van der Waals surface area contributed by atoms with E-state index in [1.54, 1.807) is 4.31 Å². The molecule has 10 saturated carbocycles. The summed E-state index contributed by atoms with van der Waals surface area (Å²) in [6.45, 7) is 46.5. The topological polar surface area (TPSA) is 164 Å². The summed E-state index contributed by atoms with van der Waals surface area (Å²) >= 11 is 0. The van der Waals surface area contributed by atoms with Crippen molar-refractivity contribution < 1.29 is 51.1 Å². The largest absolute Gasteiger partial charge is 0.378 e. The van der Waals surface area contributed by atoms with Crippen LogP contribution in [0.1, 0.15) is 280 Å². The molecule has 6 heterocycles. The predicted octanol–water partition coefficient (Wildman–Crippen LogP) is 16.8. The van der Waals surface area contributed by atoms with Gasteiger partial charge in [-0.05, 0) is 271 Å². The Morgan fingerprint density at radius 1 is 0.477 bits per heavy atom. The number of allylic oxidation sites excluding steroid dienone is 3. The van der Waals surface area contributed by atoms with Crippen LogP contribution in [0.3, 0.4) is 0 Å². The van der Waals surface area contributed by atoms with Gasteiger partial charge in [-0.15, -0.1) is 0 Å². The van der Waals surface area contributed by atoms with E-state index in [0.29, 0.717) is 90.1 Å². The van der Waals surface area contributed by atoms with E-state index in [-0.39, 0.29) is 75.9 Å². The summed E-state index contributed by atoms with van der Waals surface area (Å²) < 4.78 is 79.3. The molecule has 0 aromatic heterocycles. The fourth-order valence-electron chi connectivity index (χ4n) is 27.1. The molecule has 0 aromatic rings. The number of hydrogen-bond acceptors (Lipinski definition) is 14. The zero-order valence-corrected chi connectivity index (χ0v) is 69.5. The molecule has 6 aliphatic heterocycles. The van der Waals surface area contributed by atoms with Crippen LogP contribution in [0.5, 0.6) is 0 Å². The number of carbonyl (C=O) groups excluding carboxylic acids is 1. The van der Waals surface area contributed by atoms with E-state index in [9.17, 15) is 13.2 Å².